The van der Waals surface area contributed by atoms with Gasteiger partial charge in [0.05, 0.1) is 16.6 Å². The highest BCUT2D eigenvalue weighted by Crippen LogP contribution is 2.37. The molecule has 0 bridgehead atoms. The topological polar surface area (TPSA) is 72.6 Å². The number of fused-ring (bicyclic) bond motifs is 1. The molecule has 0 atom stereocenters. The number of nitrogens with zero attached hydrogens (tertiary/aromatic N) is 1. The van der Waals surface area contributed by atoms with E-state index in [1.165, 1.54) is 4.31 Å². The number of nitrogen functional groups attached to an aromatic ring is 1. The molecule has 0 radical (unpaired) electrons. The lowest BCUT2D eigenvalue weighted by Gasteiger charge is -2.29. The quantitative estimate of drug-likeness (QED) is 0.826. The Labute approximate surface area is 113 Å². The van der Waals surface area contributed by atoms with Gasteiger partial charge in [0, 0.05) is 19.8 Å². The van der Waals surface area contributed by atoms with Crippen molar-refractivity contribution in [2.45, 2.75) is 24.5 Å². The third-order valence-electron chi connectivity index (χ3n) is 3.88. The van der Waals surface area contributed by atoms with Gasteiger partial charge in [0.2, 0.25) is 10.0 Å². The predicted octanol–water partition coefficient (Wildman–Crippen LogP) is 1.14. The van der Waals surface area contributed by atoms with E-state index < -0.39 is 10.0 Å². The Morgan fingerprint density at radius 3 is 2.74 bits per heavy atom. The van der Waals surface area contributed by atoms with E-state index in [2.05, 4.69) is 0 Å². The molecule has 0 unspecified atom stereocenters. The average molecular weight is 282 g/mol. The first-order valence-electron chi connectivity index (χ1n) is 6.57. The Kier molecular flexibility index (Phi) is 3.14. The molecule has 2 aliphatic rings. The Bertz CT molecular complexity index is 580. The molecule has 1 aromatic rings. The van der Waals surface area contributed by atoms with Gasteiger partial charge < -0.3 is 10.5 Å². The molecular formula is C13H18N2O3S. The second kappa shape index (κ2) is 4.68. The van der Waals surface area contributed by atoms with Crippen molar-refractivity contribution in [3.63, 3.8) is 0 Å². The zero-order chi connectivity index (χ0) is 13.5. The Morgan fingerprint density at radius 2 is 2.00 bits per heavy atom. The highest BCUT2D eigenvalue weighted by molar-refractivity contribution is 7.93. The summed E-state index contributed by atoms with van der Waals surface area (Å²) < 4.78 is 32.2. The minimum Gasteiger partial charge on any atom is -0.397 e. The monoisotopic (exact) mass is 282 g/mol. The third-order valence-corrected chi connectivity index (χ3v) is 6.17. The molecule has 3 rings (SSSR count). The van der Waals surface area contributed by atoms with Crippen molar-refractivity contribution in [1.82, 2.24) is 0 Å². The molecule has 2 aliphatic heterocycles. The highest BCUT2D eigenvalue weighted by atomic mass is 32.2. The number of anilines is 2. The summed E-state index contributed by atoms with van der Waals surface area (Å²) in [5, 5.41) is -0.341. The summed E-state index contributed by atoms with van der Waals surface area (Å²) in [6, 6.07) is 5.58. The zero-order valence-electron chi connectivity index (χ0n) is 10.7. The summed E-state index contributed by atoms with van der Waals surface area (Å²) in [5.74, 6) is 0. The molecule has 2 heterocycles. The molecule has 0 saturated carbocycles. The van der Waals surface area contributed by atoms with Gasteiger partial charge >= 0.3 is 0 Å². The van der Waals surface area contributed by atoms with Gasteiger partial charge in [-0.1, -0.05) is 12.1 Å². The fourth-order valence-corrected chi connectivity index (χ4v) is 4.83. The van der Waals surface area contributed by atoms with Crippen LogP contribution in [-0.4, -0.2) is 33.4 Å². The largest absolute Gasteiger partial charge is 0.397 e. The lowest BCUT2D eigenvalue weighted by molar-refractivity contribution is 0.0983. The van der Waals surface area contributed by atoms with E-state index in [1.54, 1.807) is 6.07 Å². The summed E-state index contributed by atoms with van der Waals surface area (Å²) in [4.78, 5) is 0. The molecule has 0 aromatic heterocycles. The summed E-state index contributed by atoms with van der Waals surface area (Å²) >= 11 is 0. The number of sulfonamides is 1. The Morgan fingerprint density at radius 1 is 1.26 bits per heavy atom. The molecule has 2 N–H and O–H groups in total. The summed E-state index contributed by atoms with van der Waals surface area (Å²) in [7, 11) is -3.32. The van der Waals surface area contributed by atoms with Gasteiger partial charge in [-0.2, -0.15) is 0 Å². The minimum atomic E-state index is -3.32. The van der Waals surface area contributed by atoms with E-state index in [0.717, 1.165) is 12.0 Å². The van der Waals surface area contributed by atoms with Gasteiger partial charge in [0.25, 0.3) is 0 Å². The molecule has 104 valence electrons. The van der Waals surface area contributed by atoms with Crippen LogP contribution in [0.25, 0.3) is 0 Å². The summed E-state index contributed by atoms with van der Waals surface area (Å²) in [6.45, 7) is 1.55. The first-order valence-corrected chi connectivity index (χ1v) is 8.07. The van der Waals surface area contributed by atoms with Gasteiger partial charge in [-0.15, -0.1) is 0 Å². The lowest BCUT2D eigenvalue weighted by Crippen LogP contribution is -2.40. The van der Waals surface area contributed by atoms with E-state index in [0.29, 0.717) is 44.0 Å². The summed E-state index contributed by atoms with van der Waals surface area (Å²) in [5.41, 5.74) is 8.22. The van der Waals surface area contributed by atoms with E-state index in [4.69, 9.17) is 10.5 Å². The van der Waals surface area contributed by atoms with Crippen LogP contribution < -0.4 is 10.0 Å². The van der Waals surface area contributed by atoms with Crippen molar-refractivity contribution in [2.75, 3.05) is 29.8 Å². The second-order valence-electron chi connectivity index (χ2n) is 5.03. The van der Waals surface area contributed by atoms with Crippen LogP contribution >= 0.6 is 0 Å². The molecule has 1 saturated heterocycles. The SMILES string of the molecule is Nc1cccc2c1N(S(=O)(=O)C1CCOCC1)CC2. The van der Waals surface area contributed by atoms with Crippen molar-refractivity contribution in [3.8, 4) is 0 Å². The van der Waals surface area contributed by atoms with Crippen LogP contribution in [-0.2, 0) is 21.2 Å². The predicted molar refractivity (Wildman–Crippen MR) is 74.7 cm³/mol. The van der Waals surface area contributed by atoms with E-state index in [-0.39, 0.29) is 5.25 Å². The molecule has 5 nitrogen and oxygen atoms in total. The van der Waals surface area contributed by atoms with Crippen LogP contribution in [0.3, 0.4) is 0 Å². The number of ether oxygens (including phenoxy) is 1. The average Bonchev–Trinajstić information content (AvgIpc) is 2.86. The Balaban J connectivity index is 1.96. The van der Waals surface area contributed by atoms with E-state index in [1.807, 2.05) is 12.1 Å². The number of para-hydroxylation sites is 1. The highest BCUT2D eigenvalue weighted by Gasteiger charge is 2.37. The van der Waals surface area contributed by atoms with Crippen molar-refractivity contribution in [2.24, 2.45) is 0 Å². The molecule has 1 aromatic carbocycles. The Hall–Kier alpha value is -1.27. The summed E-state index contributed by atoms with van der Waals surface area (Å²) in [6.07, 6.45) is 1.88. The second-order valence-corrected chi connectivity index (χ2v) is 7.17. The van der Waals surface area contributed by atoms with Crippen molar-refractivity contribution in [1.29, 1.82) is 0 Å². The molecule has 1 fully saturated rings. The minimum absolute atomic E-state index is 0.341. The number of nitrogens with two attached hydrogens (primary N) is 1. The van der Waals surface area contributed by atoms with Crippen LogP contribution in [0, 0.1) is 0 Å². The van der Waals surface area contributed by atoms with Crippen LogP contribution in [0.1, 0.15) is 18.4 Å². The van der Waals surface area contributed by atoms with Gasteiger partial charge in [-0.25, -0.2) is 8.42 Å². The first-order chi connectivity index (χ1) is 9.10. The van der Waals surface area contributed by atoms with Gasteiger partial charge in [0.1, 0.15) is 0 Å². The van der Waals surface area contributed by atoms with Crippen molar-refractivity contribution < 1.29 is 13.2 Å². The molecule has 0 spiro atoms. The molecular weight excluding hydrogens is 264 g/mol. The van der Waals surface area contributed by atoms with Crippen molar-refractivity contribution >= 4 is 21.4 Å². The van der Waals surface area contributed by atoms with Crippen LogP contribution in [0.2, 0.25) is 0 Å². The molecule has 0 amide bonds. The first kappa shape index (κ1) is 12.7. The molecule has 0 aliphatic carbocycles. The standard InChI is InChI=1S/C13H18N2O3S/c14-12-3-1-2-10-4-7-15(13(10)12)19(16,17)11-5-8-18-9-6-11/h1-3,11H,4-9,14H2. The van der Waals surface area contributed by atoms with Gasteiger partial charge in [-0.05, 0) is 30.9 Å². The van der Waals surface area contributed by atoms with Gasteiger partial charge in [-0.3, -0.25) is 4.31 Å². The molecule has 6 heteroatoms. The third kappa shape index (κ3) is 2.08. The van der Waals surface area contributed by atoms with Crippen molar-refractivity contribution in [3.05, 3.63) is 23.8 Å². The van der Waals surface area contributed by atoms with Crippen LogP contribution in [0.4, 0.5) is 11.4 Å². The fraction of sp³-hybridized carbons (Fsp3) is 0.538. The maximum absolute atomic E-state index is 12.7. The van der Waals surface area contributed by atoms with Crippen LogP contribution in [0.15, 0.2) is 18.2 Å². The number of hydrogen-bond donors (Lipinski definition) is 1. The normalized spacial score (nSPS) is 20.5. The van der Waals surface area contributed by atoms with Crippen LogP contribution in [0.5, 0.6) is 0 Å². The maximum atomic E-state index is 12.7. The maximum Gasteiger partial charge on any atom is 0.238 e. The van der Waals surface area contributed by atoms with E-state index >= 15 is 0 Å². The smallest absolute Gasteiger partial charge is 0.238 e. The lowest BCUT2D eigenvalue weighted by atomic mass is 10.1. The van der Waals surface area contributed by atoms with E-state index in [9.17, 15) is 8.42 Å². The number of hydrogen-bond acceptors (Lipinski definition) is 4. The fourth-order valence-electron chi connectivity index (χ4n) is 2.86. The number of benzene rings is 1. The number of rotatable bonds is 2. The zero-order valence-corrected chi connectivity index (χ0v) is 11.5. The van der Waals surface area contributed by atoms with Gasteiger partial charge in [0.15, 0.2) is 0 Å². The molecule has 19 heavy (non-hydrogen) atoms.